The van der Waals surface area contributed by atoms with Crippen LogP contribution in [0.1, 0.15) is 11.7 Å². The normalized spacial score (nSPS) is 12.5. The Labute approximate surface area is 78.5 Å². The Morgan fingerprint density at radius 2 is 2.00 bits per heavy atom. The average molecular weight is 181 g/mol. The summed E-state index contributed by atoms with van der Waals surface area (Å²) in [5.74, 6) is 0.819. The van der Waals surface area contributed by atoms with Crippen molar-refractivity contribution >= 4 is 0 Å². The molecule has 1 aromatic rings. The fraction of sp³-hybridized carbons (Fsp3) is 0.400. The molecule has 0 unspecified atom stereocenters. The molecule has 1 atom stereocenters. The van der Waals surface area contributed by atoms with E-state index in [-0.39, 0.29) is 6.10 Å². The van der Waals surface area contributed by atoms with E-state index in [9.17, 15) is 0 Å². The maximum Gasteiger partial charge on any atom is 0.124 e. The Bertz CT molecular complexity index is 259. The van der Waals surface area contributed by atoms with Crippen LogP contribution in [0.15, 0.2) is 24.3 Å². The van der Waals surface area contributed by atoms with Gasteiger partial charge < -0.3 is 15.2 Å². The number of benzene rings is 1. The van der Waals surface area contributed by atoms with Crippen molar-refractivity contribution in [1.82, 2.24) is 0 Å². The van der Waals surface area contributed by atoms with Crippen molar-refractivity contribution < 1.29 is 9.47 Å². The molecule has 72 valence electrons. The molecule has 0 bridgehead atoms. The third-order valence-electron chi connectivity index (χ3n) is 1.98. The van der Waals surface area contributed by atoms with Crippen LogP contribution in [0.3, 0.4) is 0 Å². The summed E-state index contributed by atoms with van der Waals surface area (Å²) in [5, 5.41) is 0. The molecule has 0 radical (unpaired) electrons. The molecule has 0 heterocycles. The highest BCUT2D eigenvalue weighted by molar-refractivity contribution is 5.35. The highest BCUT2D eigenvalue weighted by Crippen LogP contribution is 2.25. The zero-order valence-electron chi connectivity index (χ0n) is 7.99. The molecule has 0 aliphatic rings. The summed E-state index contributed by atoms with van der Waals surface area (Å²) in [4.78, 5) is 0. The van der Waals surface area contributed by atoms with Gasteiger partial charge in [-0.1, -0.05) is 18.2 Å². The van der Waals surface area contributed by atoms with Crippen molar-refractivity contribution in [2.24, 2.45) is 5.73 Å². The van der Waals surface area contributed by atoms with E-state index < -0.39 is 0 Å². The third-order valence-corrected chi connectivity index (χ3v) is 1.98. The first-order chi connectivity index (χ1) is 6.33. The van der Waals surface area contributed by atoms with Crippen molar-refractivity contribution in [2.45, 2.75) is 6.10 Å². The summed E-state index contributed by atoms with van der Waals surface area (Å²) in [6, 6.07) is 7.72. The molecule has 0 fully saturated rings. The van der Waals surface area contributed by atoms with Crippen molar-refractivity contribution in [3.63, 3.8) is 0 Å². The van der Waals surface area contributed by atoms with Gasteiger partial charge in [-0.3, -0.25) is 0 Å². The van der Waals surface area contributed by atoms with Gasteiger partial charge in [0.15, 0.2) is 0 Å². The molecule has 0 saturated heterocycles. The predicted molar refractivity (Wildman–Crippen MR) is 51.8 cm³/mol. The van der Waals surface area contributed by atoms with Gasteiger partial charge in [-0.25, -0.2) is 0 Å². The van der Waals surface area contributed by atoms with E-state index in [4.69, 9.17) is 15.2 Å². The zero-order chi connectivity index (χ0) is 9.68. The van der Waals surface area contributed by atoms with Crippen molar-refractivity contribution in [2.75, 3.05) is 20.8 Å². The van der Waals surface area contributed by atoms with Gasteiger partial charge in [0, 0.05) is 19.2 Å². The number of nitrogens with two attached hydrogens (primary N) is 1. The van der Waals surface area contributed by atoms with Crippen molar-refractivity contribution in [1.29, 1.82) is 0 Å². The fourth-order valence-corrected chi connectivity index (χ4v) is 1.28. The summed E-state index contributed by atoms with van der Waals surface area (Å²) in [7, 11) is 3.28. The molecule has 2 N–H and O–H groups in total. The van der Waals surface area contributed by atoms with E-state index >= 15 is 0 Å². The number of para-hydroxylation sites is 1. The van der Waals surface area contributed by atoms with Crippen LogP contribution in [0.2, 0.25) is 0 Å². The lowest BCUT2D eigenvalue weighted by atomic mass is 10.1. The van der Waals surface area contributed by atoms with Gasteiger partial charge in [-0.2, -0.15) is 0 Å². The SMILES string of the molecule is COc1ccccc1[C@H](CN)OC. The third kappa shape index (κ3) is 2.20. The minimum atomic E-state index is -0.0869. The topological polar surface area (TPSA) is 44.5 Å². The first kappa shape index (κ1) is 10.0. The van der Waals surface area contributed by atoms with Crippen LogP contribution < -0.4 is 10.5 Å². The molecule has 3 heteroatoms. The largest absolute Gasteiger partial charge is 0.496 e. The number of hydrogen-bond acceptors (Lipinski definition) is 3. The van der Waals surface area contributed by atoms with Crippen LogP contribution in [0.5, 0.6) is 5.75 Å². The van der Waals surface area contributed by atoms with Gasteiger partial charge >= 0.3 is 0 Å². The first-order valence-corrected chi connectivity index (χ1v) is 4.19. The van der Waals surface area contributed by atoms with Gasteiger partial charge in [0.05, 0.1) is 13.2 Å². The van der Waals surface area contributed by atoms with E-state index in [2.05, 4.69) is 0 Å². The predicted octanol–water partition coefficient (Wildman–Crippen LogP) is 1.34. The van der Waals surface area contributed by atoms with Crippen LogP contribution in [0, 0.1) is 0 Å². The minimum absolute atomic E-state index is 0.0869. The quantitative estimate of drug-likeness (QED) is 0.762. The van der Waals surface area contributed by atoms with Crippen LogP contribution in [-0.4, -0.2) is 20.8 Å². The summed E-state index contributed by atoms with van der Waals surface area (Å²) in [6.45, 7) is 0.455. The molecule has 0 aliphatic heterocycles. The van der Waals surface area contributed by atoms with E-state index in [0.29, 0.717) is 6.54 Å². The lowest BCUT2D eigenvalue weighted by Crippen LogP contribution is -2.14. The molecule has 1 aromatic carbocycles. The summed E-state index contributed by atoms with van der Waals surface area (Å²) >= 11 is 0. The summed E-state index contributed by atoms with van der Waals surface area (Å²) in [6.07, 6.45) is -0.0869. The van der Waals surface area contributed by atoms with Crippen molar-refractivity contribution in [3.05, 3.63) is 29.8 Å². The van der Waals surface area contributed by atoms with Gasteiger partial charge in [-0.05, 0) is 6.07 Å². The van der Waals surface area contributed by atoms with Gasteiger partial charge in [0.2, 0.25) is 0 Å². The summed E-state index contributed by atoms with van der Waals surface area (Å²) in [5.41, 5.74) is 6.55. The van der Waals surface area contributed by atoms with Crippen LogP contribution in [0.25, 0.3) is 0 Å². The molecule has 13 heavy (non-hydrogen) atoms. The number of hydrogen-bond donors (Lipinski definition) is 1. The van der Waals surface area contributed by atoms with E-state index in [1.807, 2.05) is 24.3 Å². The highest BCUT2D eigenvalue weighted by atomic mass is 16.5. The molecule has 0 aromatic heterocycles. The smallest absolute Gasteiger partial charge is 0.124 e. The van der Waals surface area contributed by atoms with Gasteiger partial charge in [0.1, 0.15) is 5.75 Å². The Kier molecular flexibility index (Phi) is 3.73. The lowest BCUT2D eigenvalue weighted by Gasteiger charge is -2.16. The average Bonchev–Trinajstić information content (AvgIpc) is 2.20. The second kappa shape index (κ2) is 4.84. The Morgan fingerprint density at radius 1 is 1.31 bits per heavy atom. The van der Waals surface area contributed by atoms with Crippen LogP contribution in [-0.2, 0) is 4.74 Å². The molecular formula is C10H15NO2. The Balaban J connectivity index is 2.96. The molecule has 0 aliphatic carbocycles. The maximum atomic E-state index is 5.56. The number of rotatable bonds is 4. The maximum absolute atomic E-state index is 5.56. The second-order valence-corrected chi connectivity index (χ2v) is 2.70. The molecule has 0 amide bonds. The molecule has 1 rings (SSSR count). The molecule has 0 spiro atoms. The minimum Gasteiger partial charge on any atom is -0.496 e. The van der Waals surface area contributed by atoms with Crippen molar-refractivity contribution in [3.8, 4) is 5.75 Å². The Hall–Kier alpha value is -1.06. The highest BCUT2D eigenvalue weighted by Gasteiger charge is 2.12. The van der Waals surface area contributed by atoms with E-state index in [1.54, 1.807) is 14.2 Å². The van der Waals surface area contributed by atoms with Crippen LogP contribution >= 0.6 is 0 Å². The number of methoxy groups -OCH3 is 2. The standard InChI is InChI=1S/C10H15NO2/c1-12-9-6-4-3-5-8(9)10(7-11)13-2/h3-6,10H,7,11H2,1-2H3/t10-/m0/s1. The van der Waals surface area contributed by atoms with E-state index in [0.717, 1.165) is 11.3 Å². The second-order valence-electron chi connectivity index (χ2n) is 2.70. The lowest BCUT2D eigenvalue weighted by molar-refractivity contribution is 0.108. The first-order valence-electron chi connectivity index (χ1n) is 4.19. The van der Waals surface area contributed by atoms with Crippen LogP contribution in [0.4, 0.5) is 0 Å². The molecular weight excluding hydrogens is 166 g/mol. The molecule has 0 saturated carbocycles. The number of ether oxygens (including phenoxy) is 2. The zero-order valence-corrected chi connectivity index (χ0v) is 7.99. The monoisotopic (exact) mass is 181 g/mol. The Morgan fingerprint density at radius 3 is 2.54 bits per heavy atom. The van der Waals surface area contributed by atoms with E-state index in [1.165, 1.54) is 0 Å². The molecule has 3 nitrogen and oxygen atoms in total. The summed E-state index contributed by atoms with van der Waals surface area (Å²) < 4.78 is 10.4. The van der Waals surface area contributed by atoms with Gasteiger partial charge in [-0.15, -0.1) is 0 Å². The van der Waals surface area contributed by atoms with Gasteiger partial charge in [0.25, 0.3) is 0 Å². The fourth-order valence-electron chi connectivity index (χ4n) is 1.28.